The van der Waals surface area contributed by atoms with Crippen molar-refractivity contribution < 1.29 is 22.7 Å². The Balaban J connectivity index is 1.76. The summed E-state index contributed by atoms with van der Waals surface area (Å²) >= 11 is 1.02. The summed E-state index contributed by atoms with van der Waals surface area (Å²) in [6.45, 7) is 8.52. The van der Waals surface area contributed by atoms with Gasteiger partial charge in [-0.15, -0.1) is 11.0 Å². The minimum atomic E-state index is -3.99. The van der Waals surface area contributed by atoms with Crippen molar-refractivity contribution in [1.82, 2.24) is 4.90 Å². The fraction of sp³-hybridized carbons (Fsp3) is 0.379. The number of ether oxygens (including phenoxy) is 2. The Morgan fingerprint density at radius 1 is 1.03 bits per heavy atom. The molecule has 0 atom stereocenters. The van der Waals surface area contributed by atoms with Crippen LogP contribution in [0.15, 0.2) is 69.3 Å². The zero-order chi connectivity index (χ0) is 27.5. The molecule has 1 amide bonds. The maximum absolute atomic E-state index is 13.1. The van der Waals surface area contributed by atoms with Crippen molar-refractivity contribution in [3.8, 4) is 11.5 Å². The SMILES string of the molecule is C=CCN1C(=O)/C(=C/c2ccc(OCCCCCCCC)c(OC)c2)S/C1=N/S(=O)(=O)c1ccc(C)cc1. The third kappa shape index (κ3) is 7.98. The van der Waals surface area contributed by atoms with Crippen LogP contribution in [0.5, 0.6) is 11.5 Å². The molecule has 38 heavy (non-hydrogen) atoms. The Morgan fingerprint density at radius 2 is 1.74 bits per heavy atom. The number of nitrogens with zero attached hydrogens (tertiary/aromatic N) is 2. The first kappa shape index (κ1) is 29.5. The molecule has 0 unspecified atom stereocenters. The summed E-state index contributed by atoms with van der Waals surface area (Å²) in [6.07, 6.45) is 10.3. The number of amides is 1. The number of aryl methyl sites for hydroxylation is 1. The molecule has 0 radical (unpaired) electrons. The summed E-state index contributed by atoms with van der Waals surface area (Å²) in [7, 11) is -2.42. The maximum atomic E-state index is 13.1. The van der Waals surface area contributed by atoms with Crippen molar-refractivity contribution in [2.75, 3.05) is 20.3 Å². The molecule has 9 heteroatoms. The largest absolute Gasteiger partial charge is 0.493 e. The van der Waals surface area contributed by atoms with Gasteiger partial charge in [0.2, 0.25) is 0 Å². The minimum Gasteiger partial charge on any atom is -0.493 e. The predicted molar refractivity (Wildman–Crippen MR) is 155 cm³/mol. The number of hydrogen-bond acceptors (Lipinski definition) is 6. The summed E-state index contributed by atoms with van der Waals surface area (Å²) in [4.78, 5) is 14.9. The van der Waals surface area contributed by atoms with Crippen LogP contribution in [0.25, 0.3) is 6.08 Å². The van der Waals surface area contributed by atoms with E-state index in [2.05, 4.69) is 17.9 Å². The fourth-order valence-electron chi connectivity index (χ4n) is 3.84. The molecule has 1 aliphatic rings. The van der Waals surface area contributed by atoms with Gasteiger partial charge in [-0.1, -0.05) is 68.9 Å². The van der Waals surface area contributed by atoms with Gasteiger partial charge in [-0.2, -0.15) is 8.42 Å². The Kier molecular flexibility index (Phi) is 11.0. The molecule has 3 rings (SSSR count). The van der Waals surface area contributed by atoms with Gasteiger partial charge in [-0.3, -0.25) is 9.69 Å². The average molecular weight is 557 g/mol. The Bertz CT molecular complexity index is 1280. The first-order chi connectivity index (χ1) is 18.3. The molecular formula is C29H36N2O5S2. The van der Waals surface area contributed by atoms with Crippen molar-refractivity contribution in [2.45, 2.75) is 57.3 Å². The lowest BCUT2D eigenvalue weighted by molar-refractivity contribution is -0.121. The molecular weight excluding hydrogens is 520 g/mol. The smallest absolute Gasteiger partial charge is 0.284 e. The molecule has 0 bridgehead atoms. The number of benzene rings is 2. The molecule has 1 aliphatic heterocycles. The number of amidine groups is 1. The van der Waals surface area contributed by atoms with E-state index in [1.165, 1.54) is 48.8 Å². The van der Waals surface area contributed by atoms with E-state index in [0.29, 0.717) is 23.0 Å². The molecule has 204 valence electrons. The number of thioether (sulfide) groups is 1. The highest BCUT2D eigenvalue weighted by Crippen LogP contribution is 2.35. The van der Waals surface area contributed by atoms with Gasteiger partial charge in [0.15, 0.2) is 16.7 Å². The second kappa shape index (κ2) is 14.2. The number of methoxy groups -OCH3 is 1. The lowest BCUT2D eigenvalue weighted by Crippen LogP contribution is -2.29. The van der Waals surface area contributed by atoms with Gasteiger partial charge in [0.25, 0.3) is 15.9 Å². The van der Waals surface area contributed by atoms with Gasteiger partial charge in [-0.05, 0) is 61.0 Å². The fourth-order valence-corrected chi connectivity index (χ4v) is 6.03. The molecule has 0 saturated carbocycles. The zero-order valence-electron chi connectivity index (χ0n) is 22.3. The van der Waals surface area contributed by atoms with E-state index in [1.54, 1.807) is 31.4 Å². The van der Waals surface area contributed by atoms with E-state index in [-0.39, 0.29) is 22.5 Å². The number of carbonyl (C=O) groups excluding carboxylic acids is 1. The van der Waals surface area contributed by atoms with Crippen LogP contribution >= 0.6 is 11.8 Å². The average Bonchev–Trinajstić information content (AvgIpc) is 3.17. The number of unbranched alkanes of at least 4 members (excludes halogenated alkanes) is 5. The van der Waals surface area contributed by atoms with E-state index >= 15 is 0 Å². The highest BCUT2D eigenvalue weighted by molar-refractivity contribution is 8.19. The van der Waals surface area contributed by atoms with Crippen LogP contribution in [-0.4, -0.2) is 44.7 Å². The standard InChI is InChI=1S/C29H36N2O5S2/c1-5-7-8-9-10-11-19-36-25-17-14-23(20-26(25)35-4)21-27-28(32)31(18-6-2)29(37-27)30-38(33,34)24-15-12-22(3)13-16-24/h6,12-17,20-21H,2,5,7-11,18-19H2,1,3-4H3/b27-21-,30-29+. The Labute approximate surface area is 230 Å². The lowest BCUT2D eigenvalue weighted by atomic mass is 10.1. The van der Waals surface area contributed by atoms with E-state index < -0.39 is 10.0 Å². The number of carbonyl (C=O) groups is 1. The van der Waals surface area contributed by atoms with Gasteiger partial charge in [0, 0.05) is 6.54 Å². The first-order valence-corrected chi connectivity index (χ1v) is 15.1. The maximum Gasteiger partial charge on any atom is 0.284 e. The second-order valence-corrected chi connectivity index (χ2v) is 11.6. The zero-order valence-corrected chi connectivity index (χ0v) is 23.9. The quantitative estimate of drug-likeness (QED) is 0.148. The van der Waals surface area contributed by atoms with Crippen molar-refractivity contribution in [3.63, 3.8) is 0 Å². The van der Waals surface area contributed by atoms with E-state index in [9.17, 15) is 13.2 Å². The molecule has 0 N–H and O–H groups in total. The number of hydrogen-bond donors (Lipinski definition) is 0. The predicted octanol–water partition coefficient (Wildman–Crippen LogP) is 6.59. The molecule has 0 aromatic heterocycles. The summed E-state index contributed by atoms with van der Waals surface area (Å²) in [6, 6.07) is 11.9. The summed E-state index contributed by atoms with van der Waals surface area (Å²) in [5.74, 6) is 0.878. The van der Waals surface area contributed by atoms with Crippen LogP contribution in [0.4, 0.5) is 0 Å². The Morgan fingerprint density at radius 3 is 2.42 bits per heavy atom. The molecule has 1 fully saturated rings. The summed E-state index contributed by atoms with van der Waals surface area (Å²) in [5.41, 5.74) is 1.67. The van der Waals surface area contributed by atoms with Crippen LogP contribution in [0.2, 0.25) is 0 Å². The van der Waals surface area contributed by atoms with Crippen LogP contribution in [0.3, 0.4) is 0 Å². The van der Waals surface area contributed by atoms with Crippen LogP contribution in [0.1, 0.15) is 56.6 Å². The van der Waals surface area contributed by atoms with E-state index in [0.717, 1.165) is 35.7 Å². The van der Waals surface area contributed by atoms with Crippen LogP contribution in [0, 0.1) is 6.92 Å². The first-order valence-electron chi connectivity index (χ1n) is 12.8. The monoisotopic (exact) mass is 556 g/mol. The third-order valence-electron chi connectivity index (χ3n) is 5.96. The summed E-state index contributed by atoms with van der Waals surface area (Å²) < 4.78 is 41.2. The number of sulfonamides is 1. The van der Waals surface area contributed by atoms with Gasteiger partial charge >= 0.3 is 0 Å². The molecule has 1 saturated heterocycles. The molecule has 0 aliphatic carbocycles. The van der Waals surface area contributed by atoms with E-state index in [1.807, 2.05) is 19.1 Å². The lowest BCUT2D eigenvalue weighted by Gasteiger charge is -2.12. The highest BCUT2D eigenvalue weighted by Gasteiger charge is 2.34. The van der Waals surface area contributed by atoms with Crippen molar-refractivity contribution in [1.29, 1.82) is 0 Å². The molecule has 1 heterocycles. The molecule has 7 nitrogen and oxygen atoms in total. The van der Waals surface area contributed by atoms with Crippen LogP contribution < -0.4 is 9.47 Å². The Hall–Kier alpha value is -3.04. The number of rotatable bonds is 14. The van der Waals surface area contributed by atoms with E-state index in [4.69, 9.17) is 9.47 Å². The van der Waals surface area contributed by atoms with Crippen molar-refractivity contribution in [2.24, 2.45) is 4.40 Å². The topological polar surface area (TPSA) is 85.3 Å². The van der Waals surface area contributed by atoms with Gasteiger partial charge < -0.3 is 9.47 Å². The van der Waals surface area contributed by atoms with Crippen molar-refractivity contribution >= 4 is 38.9 Å². The third-order valence-corrected chi connectivity index (χ3v) is 8.36. The van der Waals surface area contributed by atoms with Gasteiger partial charge in [0.05, 0.1) is 23.5 Å². The molecule has 2 aromatic carbocycles. The van der Waals surface area contributed by atoms with Crippen molar-refractivity contribution in [3.05, 3.63) is 71.2 Å². The second-order valence-electron chi connectivity index (χ2n) is 9.00. The summed E-state index contributed by atoms with van der Waals surface area (Å²) in [5, 5.41) is 0.0904. The highest BCUT2D eigenvalue weighted by atomic mass is 32.2. The minimum absolute atomic E-state index is 0.0703. The van der Waals surface area contributed by atoms with Gasteiger partial charge in [-0.25, -0.2) is 0 Å². The van der Waals surface area contributed by atoms with Gasteiger partial charge in [0.1, 0.15) is 0 Å². The molecule has 2 aromatic rings. The normalized spacial score (nSPS) is 15.9. The molecule has 0 spiro atoms. The van der Waals surface area contributed by atoms with Crippen LogP contribution in [-0.2, 0) is 14.8 Å².